The molecule has 0 N–H and O–H groups in total. The monoisotopic (exact) mass is 416 g/mol. The number of Topliss-reactive ketones (excluding diaryl/α,β-unsaturated/α-hetero) is 1. The van der Waals surface area contributed by atoms with E-state index in [1.54, 1.807) is 38.1 Å². The second-order valence-corrected chi connectivity index (χ2v) is 6.58. The van der Waals surface area contributed by atoms with Gasteiger partial charge in [0.05, 0.1) is 12.2 Å². The van der Waals surface area contributed by atoms with Crippen molar-refractivity contribution in [2.75, 3.05) is 6.61 Å². The Bertz CT molecular complexity index is 870. The molecule has 26 heavy (non-hydrogen) atoms. The number of ether oxygens (including phenoxy) is 3. The third-order valence-corrected chi connectivity index (χ3v) is 4.27. The van der Waals surface area contributed by atoms with Gasteiger partial charge < -0.3 is 14.2 Å². The van der Waals surface area contributed by atoms with Gasteiger partial charge >= 0.3 is 5.97 Å². The van der Waals surface area contributed by atoms with Crippen molar-refractivity contribution >= 4 is 33.8 Å². The van der Waals surface area contributed by atoms with E-state index < -0.39 is 12.1 Å². The molecule has 1 unspecified atom stereocenters. The van der Waals surface area contributed by atoms with Crippen LogP contribution in [-0.4, -0.2) is 24.5 Å². The lowest BCUT2D eigenvalue weighted by atomic mass is 10.1. The minimum atomic E-state index is -0.747. The lowest BCUT2D eigenvalue weighted by Gasteiger charge is -2.13. The topological polar surface area (TPSA) is 61.8 Å². The van der Waals surface area contributed by atoms with E-state index in [0.29, 0.717) is 23.7 Å². The summed E-state index contributed by atoms with van der Waals surface area (Å²) < 4.78 is 17.1. The Kier molecular flexibility index (Phi) is 5.42. The zero-order valence-corrected chi connectivity index (χ0v) is 15.9. The van der Waals surface area contributed by atoms with Crippen molar-refractivity contribution in [2.45, 2.75) is 20.0 Å². The Morgan fingerprint density at radius 1 is 1.23 bits per heavy atom. The molecule has 0 aromatic heterocycles. The molecule has 2 aromatic carbocycles. The first kappa shape index (κ1) is 18.2. The van der Waals surface area contributed by atoms with Crippen molar-refractivity contribution in [1.82, 2.24) is 0 Å². The predicted octanol–water partition coefficient (Wildman–Crippen LogP) is 4.40. The highest BCUT2D eigenvalue weighted by atomic mass is 79.9. The summed E-state index contributed by atoms with van der Waals surface area (Å²) in [5, 5.41) is 0. The Labute approximate surface area is 159 Å². The molecule has 1 heterocycles. The summed E-state index contributed by atoms with van der Waals surface area (Å²) >= 11 is 3.37. The van der Waals surface area contributed by atoms with Crippen molar-refractivity contribution in [1.29, 1.82) is 0 Å². The van der Waals surface area contributed by atoms with Crippen molar-refractivity contribution in [3.8, 4) is 11.5 Å². The van der Waals surface area contributed by atoms with Gasteiger partial charge in [0.1, 0.15) is 11.5 Å². The van der Waals surface area contributed by atoms with Crippen molar-refractivity contribution < 1.29 is 23.8 Å². The highest BCUT2D eigenvalue weighted by molar-refractivity contribution is 9.10. The number of fused-ring (bicyclic) bond motifs is 1. The van der Waals surface area contributed by atoms with Gasteiger partial charge in [-0.05, 0) is 49.8 Å². The number of benzene rings is 2. The second kappa shape index (κ2) is 7.74. The summed E-state index contributed by atoms with van der Waals surface area (Å²) in [7, 11) is 0. The first-order valence-electron chi connectivity index (χ1n) is 8.15. The molecule has 0 amide bonds. The Balaban J connectivity index is 1.77. The zero-order chi connectivity index (χ0) is 18.7. The molecule has 1 atom stereocenters. The fraction of sp³-hybridized carbons (Fsp3) is 0.200. The number of carbonyl (C=O) groups excluding carboxylic acids is 2. The number of hydrogen-bond acceptors (Lipinski definition) is 5. The number of halogens is 1. The van der Waals surface area contributed by atoms with Crippen LogP contribution >= 0.6 is 15.9 Å². The highest BCUT2D eigenvalue weighted by Gasteiger charge is 2.28. The van der Waals surface area contributed by atoms with E-state index in [9.17, 15) is 9.59 Å². The van der Waals surface area contributed by atoms with Gasteiger partial charge in [0.15, 0.2) is 11.9 Å². The standard InChI is InChI=1S/C20H17BrO5/c1-3-24-20(23)12(2)25-15-8-9-16-17(11-15)26-18(19(16)22)10-13-4-6-14(21)7-5-13/h4-12H,3H2,1-2H3. The maximum absolute atomic E-state index is 12.5. The van der Waals surface area contributed by atoms with Crippen LogP contribution in [0.3, 0.4) is 0 Å². The summed E-state index contributed by atoms with van der Waals surface area (Å²) in [6.07, 6.45) is 0.944. The number of carbonyl (C=O) groups is 2. The average molecular weight is 417 g/mol. The van der Waals surface area contributed by atoms with Crippen molar-refractivity contribution in [3.05, 3.63) is 63.8 Å². The molecule has 134 valence electrons. The van der Waals surface area contributed by atoms with E-state index in [1.807, 2.05) is 24.3 Å². The summed E-state index contributed by atoms with van der Waals surface area (Å²) in [4.78, 5) is 24.1. The number of esters is 1. The molecule has 0 fully saturated rings. The van der Waals surface area contributed by atoms with Gasteiger partial charge in [0, 0.05) is 10.5 Å². The number of rotatable bonds is 5. The molecule has 0 radical (unpaired) electrons. The number of ketones is 1. The lowest BCUT2D eigenvalue weighted by Crippen LogP contribution is -2.26. The van der Waals surface area contributed by atoms with E-state index in [4.69, 9.17) is 14.2 Å². The van der Waals surface area contributed by atoms with Crippen LogP contribution in [-0.2, 0) is 9.53 Å². The Morgan fingerprint density at radius 3 is 2.65 bits per heavy atom. The molecule has 6 heteroatoms. The highest BCUT2D eigenvalue weighted by Crippen LogP contribution is 2.35. The quantitative estimate of drug-likeness (QED) is 0.533. The van der Waals surface area contributed by atoms with Gasteiger partial charge in [-0.3, -0.25) is 4.79 Å². The first-order valence-corrected chi connectivity index (χ1v) is 8.94. The van der Waals surface area contributed by atoms with Gasteiger partial charge in [-0.2, -0.15) is 0 Å². The van der Waals surface area contributed by atoms with Gasteiger partial charge in [-0.25, -0.2) is 4.79 Å². The normalized spacial score (nSPS) is 15.3. The van der Waals surface area contributed by atoms with Gasteiger partial charge in [0.25, 0.3) is 0 Å². The predicted molar refractivity (Wildman–Crippen MR) is 100 cm³/mol. The van der Waals surface area contributed by atoms with Gasteiger partial charge in [-0.15, -0.1) is 0 Å². The Hall–Kier alpha value is -2.60. The molecule has 0 bridgehead atoms. The van der Waals surface area contributed by atoms with Crippen LogP contribution in [0.15, 0.2) is 52.7 Å². The molecule has 2 aromatic rings. The fourth-order valence-electron chi connectivity index (χ4n) is 2.46. The van der Waals surface area contributed by atoms with Gasteiger partial charge in [0.2, 0.25) is 5.78 Å². The van der Waals surface area contributed by atoms with E-state index in [1.165, 1.54) is 0 Å². The molecule has 1 aliphatic rings. The lowest BCUT2D eigenvalue weighted by molar-refractivity contribution is -0.150. The van der Waals surface area contributed by atoms with Crippen LogP contribution in [0.1, 0.15) is 29.8 Å². The third-order valence-electron chi connectivity index (χ3n) is 3.74. The van der Waals surface area contributed by atoms with E-state index in [0.717, 1.165) is 10.0 Å². The zero-order valence-electron chi connectivity index (χ0n) is 14.3. The first-order chi connectivity index (χ1) is 12.5. The van der Waals surface area contributed by atoms with E-state index >= 15 is 0 Å². The summed E-state index contributed by atoms with van der Waals surface area (Å²) in [5.41, 5.74) is 1.32. The smallest absolute Gasteiger partial charge is 0.347 e. The summed E-state index contributed by atoms with van der Waals surface area (Å²) in [5.74, 6) is 0.459. The summed E-state index contributed by atoms with van der Waals surface area (Å²) in [6, 6.07) is 12.4. The molecule has 0 saturated heterocycles. The molecule has 3 rings (SSSR count). The maximum Gasteiger partial charge on any atom is 0.347 e. The Morgan fingerprint density at radius 2 is 1.96 bits per heavy atom. The molecular weight excluding hydrogens is 400 g/mol. The van der Waals surface area contributed by atoms with Crippen molar-refractivity contribution in [3.63, 3.8) is 0 Å². The average Bonchev–Trinajstić information content (AvgIpc) is 2.92. The molecular formula is C20H17BrO5. The van der Waals surface area contributed by atoms with Crippen LogP contribution in [0, 0.1) is 0 Å². The van der Waals surface area contributed by atoms with Crippen LogP contribution in [0.25, 0.3) is 6.08 Å². The summed E-state index contributed by atoms with van der Waals surface area (Å²) in [6.45, 7) is 3.63. The maximum atomic E-state index is 12.5. The van der Waals surface area contributed by atoms with Crippen molar-refractivity contribution in [2.24, 2.45) is 0 Å². The van der Waals surface area contributed by atoms with Crippen LogP contribution in [0.5, 0.6) is 11.5 Å². The van der Waals surface area contributed by atoms with E-state index in [2.05, 4.69) is 15.9 Å². The number of hydrogen-bond donors (Lipinski definition) is 0. The molecule has 1 aliphatic heterocycles. The number of allylic oxidation sites excluding steroid dienone is 1. The molecule has 0 spiro atoms. The molecule has 0 aliphatic carbocycles. The largest absolute Gasteiger partial charge is 0.479 e. The second-order valence-electron chi connectivity index (χ2n) is 5.66. The third kappa shape index (κ3) is 3.96. The minimum absolute atomic E-state index is 0.187. The fourth-order valence-corrected chi connectivity index (χ4v) is 2.73. The van der Waals surface area contributed by atoms with Gasteiger partial charge in [-0.1, -0.05) is 28.1 Å². The van der Waals surface area contributed by atoms with E-state index in [-0.39, 0.29) is 11.5 Å². The molecule has 5 nitrogen and oxygen atoms in total. The SMILES string of the molecule is CCOC(=O)C(C)Oc1ccc2c(c1)OC(=Cc1ccc(Br)cc1)C2=O. The minimum Gasteiger partial charge on any atom is -0.479 e. The van der Waals surface area contributed by atoms with Crippen LogP contribution < -0.4 is 9.47 Å². The van der Waals surface area contributed by atoms with Crippen LogP contribution in [0.2, 0.25) is 0 Å². The van der Waals surface area contributed by atoms with Crippen LogP contribution in [0.4, 0.5) is 0 Å². The molecule has 0 saturated carbocycles.